The van der Waals surface area contributed by atoms with Crippen molar-refractivity contribution < 1.29 is 23.5 Å². The number of carbonyl (C=O) groups excluding carboxylic acids is 2. The van der Waals surface area contributed by atoms with Crippen molar-refractivity contribution >= 4 is 29.3 Å². The van der Waals surface area contributed by atoms with E-state index in [9.17, 15) is 14.0 Å². The van der Waals surface area contributed by atoms with Gasteiger partial charge in [-0.25, -0.2) is 9.18 Å². The van der Waals surface area contributed by atoms with Crippen LogP contribution in [0.4, 0.5) is 14.9 Å². The fraction of sp³-hybridized carbons (Fsp3) is 0.300. The Hall–Kier alpha value is -2.80. The van der Waals surface area contributed by atoms with E-state index in [0.29, 0.717) is 35.8 Å². The summed E-state index contributed by atoms with van der Waals surface area (Å²) >= 11 is 5.97. The maximum Gasteiger partial charge on any atom is 0.414 e. The van der Waals surface area contributed by atoms with Gasteiger partial charge in [0, 0.05) is 10.7 Å². The zero-order valence-corrected chi connectivity index (χ0v) is 15.6. The van der Waals surface area contributed by atoms with E-state index in [1.54, 1.807) is 24.3 Å². The molecule has 0 saturated carbocycles. The molecular weight excluding hydrogens is 387 g/mol. The number of hydrogen-bond donors (Lipinski definition) is 1. The van der Waals surface area contributed by atoms with Gasteiger partial charge in [-0.1, -0.05) is 17.7 Å². The van der Waals surface area contributed by atoms with Gasteiger partial charge in [0.15, 0.2) is 6.10 Å². The summed E-state index contributed by atoms with van der Waals surface area (Å²) in [5, 5.41) is 3.30. The van der Waals surface area contributed by atoms with E-state index in [-0.39, 0.29) is 18.3 Å². The van der Waals surface area contributed by atoms with E-state index in [4.69, 9.17) is 21.1 Å². The normalized spacial score (nSPS) is 20.9. The summed E-state index contributed by atoms with van der Waals surface area (Å²) in [4.78, 5) is 26.0. The molecule has 2 heterocycles. The van der Waals surface area contributed by atoms with E-state index in [2.05, 4.69) is 5.32 Å². The third-order valence-corrected chi connectivity index (χ3v) is 4.99. The van der Waals surface area contributed by atoms with Gasteiger partial charge >= 0.3 is 6.09 Å². The van der Waals surface area contributed by atoms with Gasteiger partial charge in [-0.3, -0.25) is 9.69 Å². The van der Waals surface area contributed by atoms with Gasteiger partial charge in [-0.15, -0.1) is 0 Å². The Bertz CT molecular complexity index is 923. The Kier molecular flexibility index (Phi) is 5.09. The molecule has 6 nitrogen and oxygen atoms in total. The smallest absolute Gasteiger partial charge is 0.414 e. The van der Waals surface area contributed by atoms with E-state index in [0.717, 1.165) is 5.56 Å². The van der Waals surface area contributed by atoms with Crippen LogP contribution < -0.4 is 15.0 Å². The van der Waals surface area contributed by atoms with E-state index in [1.807, 2.05) is 0 Å². The van der Waals surface area contributed by atoms with Crippen LogP contribution in [0.25, 0.3) is 0 Å². The summed E-state index contributed by atoms with van der Waals surface area (Å²) in [6.45, 7) is 0.491. The molecule has 1 saturated heterocycles. The fourth-order valence-corrected chi connectivity index (χ4v) is 3.54. The van der Waals surface area contributed by atoms with E-state index >= 15 is 0 Å². The predicted octanol–water partition coefficient (Wildman–Crippen LogP) is 3.31. The summed E-state index contributed by atoms with van der Waals surface area (Å²) in [5.41, 5.74) is 1.40. The molecule has 4 rings (SSSR count). The van der Waals surface area contributed by atoms with Crippen LogP contribution in [0, 0.1) is 5.82 Å². The minimum atomic E-state index is -0.654. The summed E-state index contributed by atoms with van der Waals surface area (Å²) in [5.74, 6) is -0.0861. The predicted molar refractivity (Wildman–Crippen MR) is 101 cm³/mol. The molecule has 2 aliphatic heterocycles. The minimum Gasteiger partial charge on any atom is -0.480 e. The van der Waals surface area contributed by atoms with Crippen LogP contribution in [0.3, 0.4) is 0 Å². The molecule has 1 fully saturated rings. The van der Waals surface area contributed by atoms with Crippen molar-refractivity contribution in [2.75, 3.05) is 18.0 Å². The molecule has 2 amide bonds. The number of amides is 2. The highest BCUT2D eigenvalue weighted by Gasteiger charge is 2.34. The van der Waals surface area contributed by atoms with Crippen molar-refractivity contribution in [3.05, 3.63) is 58.9 Å². The van der Waals surface area contributed by atoms with Crippen LogP contribution in [-0.4, -0.2) is 37.3 Å². The molecule has 0 aromatic heterocycles. The summed E-state index contributed by atoms with van der Waals surface area (Å²) in [6.07, 6.45) is -0.584. The van der Waals surface area contributed by atoms with Crippen molar-refractivity contribution in [1.82, 2.24) is 5.32 Å². The van der Waals surface area contributed by atoms with E-state index < -0.39 is 18.3 Å². The molecule has 0 bridgehead atoms. The molecule has 0 radical (unpaired) electrons. The lowest BCUT2D eigenvalue weighted by molar-refractivity contribution is -0.129. The van der Waals surface area contributed by atoms with Gasteiger partial charge in [0.2, 0.25) is 0 Å². The number of nitrogens with zero attached hydrogens (tertiary/aromatic N) is 1. The highest BCUT2D eigenvalue weighted by atomic mass is 35.5. The molecule has 2 atom stereocenters. The summed E-state index contributed by atoms with van der Waals surface area (Å²) < 4.78 is 24.3. The second-order valence-corrected chi connectivity index (χ2v) is 7.18. The van der Waals surface area contributed by atoms with Crippen LogP contribution in [-0.2, 0) is 16.0 Å². The first-order valence-electron chi connectivity index (χ1n) is 8.96. The zero-order chi connectivity index (χ0) is 19.7. The standard InChI is InChI=1S/C20H18ClFN2O4/c21-13-2-1-3-15(9-13)24-11-16(27-20(24)26)10-23-19(25)18-6-4-12-8-14(22)5-7-17(12)28-18/h1-3,5,7-9,16,18H,4,6,10-11H2,(H,23,25). The second-order valence-electron chi connectivity index (χ2n) is 6.74. The number of anilines is 1. The Balaban J connectivity index is 1.32. The Morgan fingerprint density at radius 1 is 1.25 bits per heavy atom. The molecule has 2 aromatic rings. The molecule has 2 aromatic carbocycles. The van der Waals surface area contributed by atoms with Crippen molar-refractivity contribution in [2.24, 2.45) is 0 Å². The van der Waals surface area contributed by atoms with Crippen molar-refractivity contribution in [2.45, 2.75) is 25.0 Å². The lowest BCUT2D eigenvalue weighted by atomic mass is 10.0. The molecule has 0 spiro atoms. The number of hydrogen-bond acceptors (Lipinski definition) is 4. The number of halogens is 2. The third kappa shape index (κ3) is 3.89. The van der Waals surface area contributed by atoms with Crippen LogP contribution in [0.1, 0.15) is 12.0 Å². The summed E-state index contributed by atoms with van der Waals surface area (Å²) in [6, 6.07) is 11.2. The molecule has 8 heteroatoms. The van der Waals surface area contributed by atoms with Crippen molar-refractivity contribution in [3.63, 3.8) is 0 Å². The SMILES string of the molecule is O=C(NCC1CN(c2cccc(Cl)c2)C(=O)O1)C1CCc2cc(F)ccc2O1. The number of rotatable bonds is 4. The van der Waals surface area contributed by atoms with Gasteiger partial charge < -0.3 is 14.8 Å². The van der Waals surface area contributed by atoms with Gasteiger partial charge in [-0.05, 0) is 54.8 Å². The lowest BCUT2D eigenvalue weighted by Gasteiger charge is -2.25. The van der Waals surface area contributed by atoms with Crippen LogP contribution >= 0.6 is 11.6 Å². The zero-order valence-electron chi connectivity index (χ0n) is 14.9. The maximum absolute atomic E-state index is 13.3. The Morgan fingerprint density at radius 2 is 2.11 bits per heavy atom. The molecule has 0 aliphatic carbocycles. The Morgan fingerprint density at radius 3 is 2.93 bits per heavy atom. The van der Waals surface area contributed by atoms with Gasteiger partial charge in [0.25, 0.3) is 5.91 Å². The quantitative estimate of drug-likeness (QED) is 0.848. The summed E-state index contributed by atoms with van der Waals surface area (Å²) in [7, 11) is 0. The van der Waals surface area contributed by atoms with Gasteiger partial charge in [-0.2, -0.15) is 0 Å². The highest BCUT2D eigenvalue weighted by Crippen LogP contribution is 2.28. The highest BCUT2D eigenvalue weighted by molar-refractivity contribution is 6.30. The van der Waals surface area contributed by atoms with E-state index in [1.165, 1.54) is 23.1 Å². The molecule has 28 heavy (non-hydrogen) atoms. The maximum atomic E-state index is 13.3. The minimum absolute atomic E-state index is 0.178. The number of fused-ring (bicyclic) bond motifs is 1. The Labute approximate surface area is 166 Å². The topological polar surface area (TPSA) is 67.9 Å². The van der Waals surface area contributed by atoms with Gasteiger partial charge in [0.1, 0.15) is 17.7 Å². The van der Waals surface area contributed by atoms with Crippen molar-refractivity contribution in [1.29, 1.82) is 0 Å². The molecule has 146 valence electrons. The average Bonchev–Trinajstić information content (AvgIpc) is 3.06. The molecule has 1 N–H and O–H groups in total. The van der Waals surface area contributed by atoms with Crippen LogP contribution in [0.5, 0.6) is 5.75 Å². The monoisotopic (exact) mass is 404 g/mol. The largest absolute Gasteiger partial charge is 0.480 e. The van der Waals surface area contributed by atoms with Gasteiger partial charge in [0.05, 0.1) is 13.1 Å². The first-order chi connectivity index (χ1) is 13.5. The molecule has 2 aliphatic rings. The first kappa shape index (κ1) is 18.6. The third-order valence-electron chi connectivity index (χ3n) is 4.76. The van der Waals surface area contributed by atoms with Crippen LogP contribution in [0.15, 0.2) is 42.5 Å². The number of aryl methyl sites for hydroxylation is 1. The number of benzene rings is 2. The van der Waals surface area contributed by atoms with Crippen LogP contribution in [0.2, 0.25) is 5.02 Å². The first-order valence-corrected chi connectivity index (χ1v) is 9.34. The number of carbonyl (C=O) groups is 2. The number of nitrogens with one attached hydrogen (secondary N) is 1. The number of cyclic esters (lactones) is 1. The molecular formula is C20H18ClFN2O4. The number of ether oxygens (including phenoxy) is 2. The molecule has 2 unspecified atom stereocenters. The fourth-order valence-electron chi connectivity index (χ4n) is 3.35. The lowest BCUT2D eigenvalue weighted by Crippen LogP contribution is -2.43. The average molecular weight is 405 g/mol. The van der Waals surface area contributed by atoms with Crippen molar-refractivity contribution in [3.8, 4) is 5.75 Å². The second kappa shape index (κ2) is 7.67.